The van der Waals surface area contributed by atoms with Gasteiger partial charge in [0.05, 0.1) is 27.7 Å². The fraction of sp³-hybridized carbons (Fsp3) is 0.924. The molecule has 0 amide bonds. The average molecular weight is 1280 g/mol. The van der Waals surface area contributed by atoms with E-state index in [-0.39, 0.29) is 32.0 Å². The molecule has 0 fully saturated rings. The van der Waals surface area contributed by atoms with Crippen LogP contribution in [-0.4, -0.2) is 70.0 Å². The molecule has 0 spiro atoms. The van der Waals surface area contributed by atoms with Crippen LogP contribution < -0.4 is 4.89 Å². The largest absolute Gasteiger partial charge is 0.756 e. The standard InChI is InChI=1S/C79H154NO8P/c1-6-8-10-12-14-16-18-20-22-24-26-28-30-32-33-34-35-36-37-38-39-40-41-42-43-44-45-46-47-48-50-52-54-56-58-60-62-64-66-68-70-72-79(82)88-77(76-87-89(83,84)86-74-73-80(3,4)5)75-85-78(81)71-69-67-65-63-61-59-57-55-53-51-49-31-29-27-25-23-21-19-17-15-13-11-9-7-2/h18,20,24,26,77H,6-17,19,21-23,25,27-76H2,1-5H3/b20-18-,26-24-. The molecule has 2 atom stereocenters. The molecule has 10 heteroatoms. The zero-order valence-electron chi connectivity index (χ0n) is 60.4. The molecule has 0 aromatic rings. The molecule has 0 bridgehead atoms. The maximum Gasteiger partial charge on any atom is 0.306 e. The number of quaternary nitrogens is 1. The number of hydrogen-bond donors (Lipinski definition) is 0. The van der Waals surface area contributed by atoms with Gasteiger partial charge in [-0.1, -0.05) is 385 Å². The number of rotatable bonds is 75. The Labute approximate surface area is 555 Å². The molecule has 0 aromatic carbocycles. The summed E-state index contributed by atoms with van der Waals surface area (Å²) in [5.74, 6) is -0.804. The smallest absolute Gasteiger partial charge is 0.306 e. The van der Waals surface area contributed by atoms with Crippen LogP contribution in [-0.2, 0) is 32.7 Å². The third-order valence-corrected chi connectivity index (χ3v) is 19.2. The minimum atomic E-state index is -4.64. The van der Waals surface area contributed by atoms with Crippen molar-refractivity contribution in [1.82, 2.24) is 0 Å². The molecule has 0 N–H and O–H groups in total. The molecule has 0 aliphatic rings. The van der Waals surface area contributed by atoms with Gasteiger partial charge in [-0.2, -0.15) is 0 Å². The van der Waals surface area contributed by atoms with Crippen molar-refractivity contribution in [2.24, 2.45) is 0 Å². The number of hydrogen-bond acceptors (Lipinski definition) is 8. The topological polar surface area (TPSA) is 111 Å². The van der Waals surface area contributed by atoms with Crippen LogP contribution in [0.15, 0.2) is 24.3 Å². The number of phosphoric ester groups is 1. The Bertz CT molecular complexity index is 1550. The predicted molar refractivity (Wildman–Crippen MR) is 384 cm³/mol. The van der Waals surface area contributed by atoms with Crippen molar-refractivity contribution in [3.63, 3.8) is 0 Å². The highest BCUT2D eigenvalue weighted by molar-refractivity contribution is 7.45. The van der Waals surface area contributed by atoms with Gasteiger partial charge < -0.3 is 27.9 Å². The van der Waals surface area contributed by atoms with Gasteiger partial charge >= 0.3 is 11.9 Å². The van der Waals surface area contributed by atoms with E-state index >= 15 is 0 Å². The van der Waals surface area contributed by atoms with Crippen LogP contribution in [0.25, 0.3) is 0 Å². The third kappa shape index (κ3) is 75.4. The SMILES string of the molecule is CCCCCCC/C=C\C/C=C\CCCCCCCCCCCCCCCCCCCCCCCCCCCCCCCC(=O)OC(COC(=O)CCCCCCCCCCCCCCCCCCCCCCCCCC)COP(=O)([O-])OCC[N+](C)(C)C. The Morgan fingerprint density at radius 3 is 0.888 bits per heavy atom. The van der Waals surface area contributed by atoms with Gasteiger partial charge in [0.15, 0.2) is 6.10 Å². The highest BCUT2D eigenvalue weighted by Crippen LogP contribution is 2.38. The summed E-state index contributed by atoms with van der Waals surface area (Å²) in [5.41, 5.74) is 0. The fourth-order valence-corrected chi connectivity index (χ4v) is 12.9. The van der Waals surface area contributed by atoms with E-state index in [0.29, 0.717) is 17.4 Å². The molecule has 0 saturated carbocycles. The van der Waals surface area contributed by atoms with Crippen LogP contribution in [0.1, 0.15) is 418 Å². The molecule has 528 valence electrons. The lowest BCUT2D eigenvalue weighted by Gasteiger charge is -2.28. The van der Waals surface area contributed by atoms with E-state index in [1.807, 2.05) is 21.1 Å². The number of allylic oxidation sites excluding steroid dienone is 4. The number of phosphoric acid groups is 1. The summed E-state index contributed by atoms with van der Waals surface area (Å²) in [6, 6.07) is 0. The van der Waals surface area contributed by atoms with Crippen molar-refractivity contribution in [1.29, 1.82) is 0 Å². The van der Waals surface area contributed by atoms with Gasteiger partial charge in [-0.15, -0.1) is 0 Å². The van der Waals surface area contributed by atoms with E-state index in [2.05, 4.69) is 38.2 Å². The molecule has 89 heavy (non-hydrogen) atoms. The van der Waals surface area contributed by atoms with E-state index in [0.717, 1.165) is 38.5 Å². The molecule has 0 heterocycles. The maximum atomic E-state index is 12.9. The van der Waals surface area contributed by atoms with Crippen molar-refractivity contribution < 1.29 is 42.1 Å². The maximum absolute atomic E-state index is 12.9. The quantitative estimate of drug-likeness (QED) is 0.0195. The van der Waals surface area contributed by atoms with Crippen molar-refractivity contribution in [3.8, 4) is 0 Å². The summed E-state index contributed by atoms with van der Waals surface area (Å²) in [6.07, 6.45) is 90.2. The highest BCUT2D eigenvalue weighted by atomic mass is 31.2. The molecule has 0 aliphatic heterocycles. The van der Waals surface area contributed by atoms with Crippen LogP contribution in [0.4, 0.5) is 0 Å². The van der Waals surface area contributed by atoms with E-state index in [4.69, 9.17) is 18.5 Å². The monoisotopic (exact) mass is 1280 g/mol. The summed E-state index contributed by atoms with van der Waals surface area (Å²) in [4.78, 5) is 38.1. The van der Waals surface area contributed by atoms with Crippen molar-refractivity contribution in [2.45, 2.75) is 424 Å². The van der Waals surface area contributed by atoms with Crippen LogP contribution in [0, 0.1) is 0 Å². The molecular weight excluding hydrogens is 1120 g/mol. The second-order valence-corrected chi connectivity index (χ2v) is 29.9. The van der Waals surface area contributed by atoms with Crippen LogP contribution >= 0.6 is 7.82 Å². The Balaban J connectivity index is 3.86. The van der Waals surface area contributed by atoms with E-state index < -0.39 is 26.5 Å². The summed E-state index contributed by atoms with van der Waals surface area (Å²) < 4.78 is 34.4. The van der Waals surface area contributed by atoms with Gasteiger partial charge in [0.2, 0.25) is 0 Å². The van der Waals surface area contributed by atoms with Gasteiger partial charge in [-0.25, -0.2) is 0 Å². The Morgan fingerprint density at radius 2 is 0.607 bits per heavy atom. The zero-order chi connectivity index (χ0) is 64.8. The number of carbonyl (C=O) groups is 2. The number of ether oxygens (including phenoxy) is 2. The lowest BCUT2D eigenvalue weighted by Crippen LogP contribution is -2.37. The van der Waals surface area contributed by atoms with Gasteiger partial charge in [0.25, 0.3) is 7.82 Å². The van der Waals surface area contributed by atoms with Crippen LogP contribution in [0.3, 0.4) is 0 Å². The van der Waals surface area contributed by atoms with Gasteiger partial charge in [0.1, 0.15) is 19.8 Å². The fourth-order valence-electron chi connectivity index (χ4n) is 12.2. The molecule has 0 aromatic heterocycles. The molecule has 0 saturated heterocycles. The van der Waals surface area contributed by atoms with E-state index in [9.17, 15) is 19.0 Å². The summed E-state index contributed by atoms with van der Waals surface area (Å²) in [5, 5.41) is 0. The number of likely N-dealkylation sites (N-methyl/N-ethyl adjacent to an activating group) is 1. The first-order valence-electron chi connectivity index (χ1n) is 39.5. The van der Waals surface area contributed by atoms with Crippen LogP contribution in [0.2, 0.25) is 0 Å². The molecule has 0 aliphatic carbocycles. The third-order valence-electron chi connectivity index (χ3n) is 18.2. The van der Waals surface area contributed by atoms with Gasteiger partial charge in [-0.05, 0) is 44.9 Å². The second kappa shape index (κ2) is 70.8. The lowest BCUT2D eigenvalue weighted by molar-refractivity contribution is -0.870. The number of esters is 2. The minimum Gasteiger partial charge on any atom is -0.756 e. The first kappa shape index (κ1) is 87.5. The van der Waals surface area contributed by atoms with Crippen molar-refractivity contribution in [3.05, 3.63) is 24.3 Å². The van der Waals surface area contributed by atoms with E-state index in [1.165, 1.54) is 347 Å². The average Bonchev–Trinajstić information content (AvgIpc) is 3.60. The molecule has 0 radical (unpaired) electrons. The summed E-state index contributed by atoms with van der Waals surface area (Å²) >= 11 is 0. The summed E-state index contributed by atoms with van der Waals surface area (Å²) in [6.45, 7) is 4.32. The normalized spacial score (nSPS) is 13.1. The zero-order valence-corrected chi connectivity index (χ0v) is 61.3. The minimum absolute atomic E-state index is 0.0258. The van der Waals surface area contributed by atoms with Crippen LogP contribution in [0.5, 0.6) is 0 Å². The first-order valence-corrected chi connectivity index (χ1v) is 41.0. The Morgan fingerprint density at radius 1 is 0.348 bits per heavy atom. The molecule has 2 unspecified atom stereocenters. The van der Waals surface area contributed by atoms with E-state index in [1.54, 1.807) is 0 Å². The number of nitrogens with zero attached hydrogens (tertiary/aromatic N) is 1. The number of unbranched alkanes of at least 4 members (excludes halogenated alkanes) is 57. The second-order valence-electron chi connectivity index (χ2n) is 28.4. The lowest BCUT2D eigenvalue weighted by atomic mass is 10.0. The Hall–Kier alpha value is -1.51. The highest BCUT2D eigenvalue weighted by Gasteiger charge is 2.22. The molecule has 0 rings (SSSR count). The number of carbonyl (C=O) groups excluding carboxylic acids is 2. The van der Waals surface area contributed by atoms with Crippen molar-refractivity contribution >= 4 is 19.8 Å². The molecule has 9 nitrogen and oxygen atoms in total. The van der Waals surface area contributed by atoms with Gasteiger partial charge in [0, 0.05) is 12.8 Å². The first-order chi connectivity index (χ1) is 43.5. The van der Waals surface area contributed by atoms with Crippen molar-refractivity contribution in [2.75, 3.05) is 47.5 Å². The summed E-state index contributed by atoms with van der Waals surface area (Å²) in [7, 11) is 1.20. The molecular formula is C79H154NO8P. The Kier molecular flexibility index (Phi) is 69.6. The van der Waals surface area contributed by atoms with Gasteiger partial charge in [-0.3, -0.25) is 14.2 Å². The predicted octanol–water partition coefficient (Wildman–Crippen LogP) is 25.4.